The van der Waals surface area contributed by atoms with Crippen LogP contribution >= 0.6 is 15.9 Å². The molecule has 150 valence electrons. The molecule has 1 saturated heterocycles. The number of anilines is 1. The summed E-state index contributed by atoms with van der Waals surface area (Å²) in [5.41, 5.74) is -1.82. The molecular weight excluding hydrogens is 433 g/mol. The highest BCUT2D eigenvalue weighted by Gasteiger charge is 2.41. The van der Waals surface area contributed by atoms with E-state index in [0.717, 1.165) is 4.90 Å². The van der Waals surface area contributed by atoms with E-state index in [1.54, 1.807) is 20.8 Å². The monoisotopic (exact) mass is 452 g/mol. The van der Waals surface area contributed by atoms with Gasteiger partial charge >= 0.3 is 18.2 Å². The lowest BCUT2D eigenvalue weighted by molar-refractivity contribution is -0.143. The van der Waals surface area contributed by atoms with Gasteiger partial charge in [-0.05, 0) is 32.9 Å². The number of aliphatic carboxylic acids is 1. The smallest absolute Gasteiger partial charge is 0.419 e. The molecule has 10 heteroatoms. The summed E-state index contributed by atoms with van der Waals surface area (Å²) in [6.07, 6.45) is -5.42. The van der Waals surface area contributed by atoms with Crippen LogP contribution in [-0.4, -0.2) is 53.3 Å². The molecule has 1 atom stereocenters. The van der Waals surface area contributed by atoms with Crippen LogP contribution in [0.4, 0.5) is 23.7 Å². The van der Waals surface area contributed by atoms with Crippen molar-refractivity contribution in [1.82, 2.24) is 4.90 Å². The second-order valence-electron chi connectivity index (χ2n) is 7.11. The Balaban J connectivity index is 2.32. The third-order valence-corrected chi connectivity index (χ3v) is 4.57. The maximum atomic E-state index is 13.5. The fourth-order valence-corrected chi connectivity index (χ4v) is 3.39. The topological polar surface area (TPSA) is 70.1 Å². The molecule has 1 aromatic rings. The van der Waals surface area contributed by atoms with Gasteiger partial charge in [-0.3, -0.25) is 4.90 Å². The summed E-state index contributed by atoms with van der Waals surface area (Å²) in [6.45, 7) is 4.63. The van der Waals surface area contributed by atoms with Crippen LogP contribution in [0, 0.1) is 0 Å². The highest BCUT2D eigenvalue weighted by Crippen LogP contribution is 2.41. The minimum Gasteiger partial charge on any atom is -0.480 e. The zero-order valence-electron chi connectivity index (χ0n) is 15.0. The molecule has 1 fully saturated rings. The quantitative estimate of drug-likeness (QED) is 0.734. The third kappa shape index (κ3) is 5.06. The van der Waals surface area contributed by atoms with Gasteiger partial charge in [0, 0.05) is 24.1 Å². The Morgan fingerprint density at radius 1 is 1.22 bits per heavy atom. The zero-order valence-corrected chi connectivity index (χ0v) is 16.6. The van der Waals surface area contributed by atoms with Crippen molar-refractivity contribution in [2.45, 2.75) is 38.6 Å². The second kappa shape index (κ2) is 7.57. The lowest BCUT2D eigenvalue weighted by atomic mass is 10.1. The highest BCUT2D eigenvalue weighted by molar-refractivity contribution is 9.10. The predicted molar refractivity (Wildman–Crippen MR) is 95.7 cm³/mol. The average molecular weight is 453 g/mol. The summed E-state index contributed by atoms with van der Waals surface area (Å²) in [6, 6.07) is 2.69. The van der Waals surface area contributed by atoms with Crippen LogP contribution in [0.2, 0.25) is 0 Å². The van der Waals surface area contributed by atoms with Gasteiger partial charge in [0.25, 0.3) is 0 Å². The second-order valence-corrected chi connectivity index (χ2v) is 7.96. The Bertz CT molecular complexity index is 734. The maximum Gasteiger partial charge on any atom is 0.419 e. The zero-order chi connectivity index (χ0) is 20.6. The molecule has 27 heavy (non-hydrogen) atoms. The van der Waals surface area contributed by atoms with Crippen LogP contribution in [0.5, 0.6) is 0 Å². The Kier molecular flexibility index (Phi) is 5.98. The molecule has 1 aromatic carbocycles. The van der Waals surface area contributed by atoms with E-state index in [2.05, 4.69) is 15.9 Å². The van der Waals surface area contributed by atoms with Crippen LogP contribution in [0.1, 0.15) is 26.3 Å². The Morgan fingerprint density at radius 3 is 2.37 bits per heavy atom. The van der Waals surface area contributed by atoms with E-state index in [-0.39, 0.29) is 29.8 Å². The van der Waals surface area contributed by atoms with E-state index in [9.17, 15) is 27.9 Å². The van der Waals surface area contributed by atoms with Crippen LogP contribution in [-0.2, 0) is 15.7 Å². The number of carbonyl (C=O) groups is 2. The van der Waals surface area contributed by atoms with Gasteiger partial charge in [-0.2, -0.15) is 13.2 Å². The Hall–Kier alpha value is -1.97. The first-order chi connectivity index (χ1) is 12.3. The van der Waals surface area contributed by atoms with Gasteiger partial charge in [-0.1, -0.05) is 22.0 Å². The lowest BCUT2D eigenvalue weighted by Gasteiger charge is -2.41. The lowest BCUT2D eigenvalue weighted by Crippen LogP contribution is -2.59. The molecule has 0 aliphatic carbocycles. The summed E-state index contributed by atoms with van der Waals surface area (Å²) >= 11 is 2.91. The first-order valence-electron chi connectivity index (χ1n) is 8.14. The van der Waals surface area contributed by atoms with E-state index in [1.807, 2.05) is 0 Å². The number of carboxylic acid groups (broad SMARTS) is 1. The van der Waals surface area contributed by atoms with Crippen molar-refractivity contribution in [1.29, 1.82) is 0 Å². The molecule has 1 unspecified atom stereocenters. The predicted octanol–water partition coefficient (Wildman–Crippen LogP) is 3.98. The number of hydrogen-bond acceptors (Lipinski definition) is 4. The van der Waals surface area contributed by atoms with Crippen LogP contribution in [0.25, 0.3) is 0 Å². The number of carboxylic acids is 1. The Morgan fingerprint density at radius 2 is 1.85 bits per heavy atom. The van der Waals surface area contributed by atoms with Gasteiger partial charge in [0.1, 0.15) is 11.6 Å². The number of benzene rings is 1. The number of halogens is 4. The highest BCUT2D eigenvalue weighted by atomic mass is 79.9. The van der Waals surface area contributed by atoms with E-state index in [1.165, 1.54) is 23.1 Å². The van der Waals surface area contributed by atoms with Crippen molar-refractivity contribution >= 4 is 33.7 Å². The summed E-state index contributed by atoms with van der Waals surface area (Å²) in [4.78, 5) is 26.3. The number of hydrogen-bond donors (Lipinski definition) is 1. The van der Waals surface area contributed by atoms with E-state index in [4.69, 9.17) is 4.74 Å². The van der Waals surface area contributed by atoms with E-state index in [0.29, 0.717) is 0 Å². The minimum absolute atomic E-state index is 0.0442. The minimum atomic E-state index is -4.61. The number of rotatable bonds is 2. The van der Waals surface area contributed by atoms with Gasteiger partial charge in [0.2, 0.25) is 0 Å². The van der Waals surface area contributed by atoms with Crippen molar-refractivity contribution in [2.75, 3.05) is 24.5 Å². The molecule has 1 aliphatic rings. The van der Waals surface area contributed by atoms with Gasteiger partial charge in [-0.25, -0.2) is 9.59 Å². The van der Waals surface area contributed by atoms with E-state index >= 15 is 0 Å². The van der Waals surface area contributed by atoms with Crippen molar-refractivity contribution in [3.63, 3.8) is 0 Å². The number of ether oxygens (including phenoxy) is 1. The summed E-state index contributed by atoms with van der Waals surface area (Å²) in [7, 11) is 0. The molecule has 1 aliphatic heterocycles. The number of alkyl halides is 3. The molecule has 1 amide bonds. The number of nitrogens with zero attached hydrogens (tertiary/aromatic N) is 2. The standard InChI is InChI=1S/C17H20BrF3N2O4/c1-16(2,3)27-15(26)23-8-7-22(9-12(23)14(24)25)11-6-4-5-10(18)13(11)17(19,20)21/h4-6,12H,7-9H2,1-3H3,(H,24,25). The largest absolute Gasteiger partial charge is 0.480 e. The van der Waals surface area contributed by atoms with Gasteiger partial charge in [0.05, 0.1) is 11.3 Å². The number of piperazine rings is 1. The van der Waals surface area contributed by atoms with Crippen molar-refractivity contribution in [3.05, 3.63) is 28.2 Å². The third-order valence-electron chi connectivity index (χ3n) is 3.91. The number of amides is 1. The Labute approximate surface area is 163 Å². The van der Waals surface area contributed by atoms with Gasteiger partial charge in [-0.15, -0.1) is 0 Å². The van der Waals surface area contributed by atoms with Gasteiger partial charge < -0.3 is 14.7 Å². The molecule has 0 radical (unpaired) electrons. The van der Waals surface area contributed by atoms with Crippen molar-refractivity contribution in [2.24, 2.45) is 0 Å². The van der Waals surface area contributed by atoms with Crippen molar-refractivity contribution in [3.8, 4) is 0 Å². The van der Waals surface area contributed by atoms with Crippen LogP contribution < -0.4 is 4.90 Å². The van der Waals surface area contributed by atoms with Gasteiger partial charge in [0.15, 0.2) is 0 Å². The molecule has 6 nitrogen and oxygen atoms in total. The molecule has 1 heterocycles. The molecule has 0 bridgehead atoms. The van der Waals surface area contributed by atoms with Crippen molar-refractivity contribution < 1.29 is 32.6 Å². The normalized spacial score (nSPS) is 18.4. The molecule has 0 aromatic heterocycles. The van der Waals surface area contributed by atoms with Crippen LogP contribution in [0.15, 0.2) is 22.7 Å². The summed E-state index contributed by atoms with van der Waals surface area (Å²) < 4.78 is 45.4. The molecule has 0 saturated carbocycles. The fraction of sp³-hybridized carbons (Fsp3) is 0.529. The fourth-order valence-electron chi connectivity index (χ4n) is 2.81. The molecule has 0 spiro atoms. The van der Waals surface area contributed by atoms with Crippen LogP contribution in [0.3, 0.4) is 0 Å². The van der Waals surface area contributed by atoms with E-state index < -0.39 is 35.4 Å². The summed E-state index contributed by atoms with van der Waals surface area (Å²) in [5.74, 6) is -1.31. The SMILES string of the molecule is CC(C)(C)OC(=O)N1CCN(c2cccc(Br)c2C(F)(F)F)CC1C(=O)O. The first kappa shape index (κ1) is 21.3. The molecular formula is C17H20BrF3N2O4. The maximum absolute atomic E-state index is 13.5. The first-order valence-corrected chi connectivity index (χ1v) is 8.93. The molecule has 1 N–H and O–H groups in total. The average Bonchev–Trinajstić information content (AvgIpc) is 2.51. The summed E-state index contributed by atoms with van der Waals surface area (Å²) in [5, 5.41) is 9.50. The number of carbonyl (C=O) groups excluding carboxylic acids is 1. The molecule has 2 rings (SSSR count).